The van der Waals surface area contributed by atoms with Crippen molar-refractivity contribution in [1.29, 1.82) is 0 Å². The fourth-order valence-electron chi connectivity index (χ4n) is 1.64. The van der Waals surface area contributed by atoms with E-state index in [9.17, 15) is 24.4 Å². The van der Waals surface area contributed by atoms with Crippen molar-refractivity contribution in [2.24, 2.45) is 5.73 Å². The number of phenols is 1. The number of hydrogen-bond donors (Lipinski definition) is 2. The van der Waals surface area contributed by atoms with E-state index >= 15 is 0 Å². The van der Waals surface area contributed by atoms with Crippen molar-refractivity contribution in [1.82, 2.24) is 0 Å². The van der Waals surface area contributed by atoms with Crippen LogP contribution in [0.5, 0.6) is 11.5 Å². The summed E-state index contributed by atoms with van der Waals surface area (Å²) in [5.41, 5.74) is 4.81. The molecular formula is C12H15FN2O6. The predicted octanol–water partition coefficient (Wildman–Crippen LogP) is 1.21. The molecule has 0 heterocycles. The number of methoxy groups -OCH3 is 1. The standard InChI is InChI=1S/C12H15FN2O6/c1-3-21-12(17)9(13)10(14)6-4-7(15(18)19)11(16)8(5-6)20-2/h4-5,9-10,16H,3,14H2,1-2H3/t9?,10-/m1/s1. The van der Waals surface area contributed by atoms with E-state index in [0.29, 0.717) is 0 Å². The van der Waals surface area contributed by atoms with E-state index in [4.69, 9.17) is 10.5 Å². The van der Waals surface area contributed by atoms with Gasteiger partial charge in [0, 0.05) is 6.07 Å². The first-order valence-electron chi connectivity index (χ1n) is 5.95. The normalized spacial score (nSPS) is 13.3. The lowest BCUT2D eigenvalue weighted by molar-refractivity contribution is -0.386. The Morgan fingerprint density at radius 3 is 2.67 bits per heavy atom. The van der Waals surface area contributed by atoms with Crippen LogP contribution in [-0.4, -0.2) is 35.9 Å². The number of benzene rings is 1. The van der Waals surface area contributed by atoms with E-state index in [2.05, 4.69) is 4.74 Å². The van der Waals surface area contributed by atoms with Crippen LogP contribution in [0.1, 0.15) is 18.5 Å². The average Bonchev–Trinajstić information content (AvgIpc) is 2.45. The molecular weight excluding hydrogens is 287 g/mol. The molecule has 2 atom stereocenters. The van der Waals surface area contributed by atoms with Crippen LogP contribution in [0.2, 0.25) is 0 Å². The number of ether oxygens (including phenoxy) is 2. The minimum atomic E-state index is -2.20. The molecule has 3 N–H and O–H groups in total. The van der Waals surface area contributed by atoms with Crippen molar-refractivity contribution in [2.45, 2.75) is 19.1 Å². The Bertz CT molecular complexity index is 551. The van der Waals surface area contributed by atoms with Crippen LogP contribution in [0.4, 0.5) is 10.1 Å². The highest BCUT2D eigenvalue weighted by Crippen LogP contribution is 2.38. The highest BCUT2D eigenvalue weighted by atomic mass is 19.1. The van der Waals surface area contributed by atoms with Gasteiger partial charge in [-0.25, -0.2) is 9.18 Å². The quantitative estimate of drug-likeness (QED) is 0.459. The number of nitrogens with two attached hydrogens (primary N) is 1. The molecule has 21 heavy (non-hydrogen) atoms. The van der Waals surface area contributed by atoms with Gasteiger partial charge in [-0.1, -0.05) is 0 Å². The number of rotatable bonds is 6. The monoisotopic (exact) mass is 302 g/mol. The second-order valence-electron chi connectivity index (χ2n) is 4.03. The molecule has 9 heteroatoms. The largest absolute Gasteiger partial charge is 0.500 e. The number of phenolic OH excluding ortho intramolecular Hbond substituents is 1. The van der Waals surface area contributed by atoms with E-state index in [1.807, 2.05) is 0 Å². The highest BCUT2D eigenvalue weighted by molar-refractivity contribution is 5.76. The number of hydrogen-bond acceptors (Lipinski definition) is 7. The Labute approximate surface area is 119 Å². The van der Waals surface area contributed by atoms with E-state index in [-0.39, 0.29) is 17.9 Å². The molecule has 0 fully saturated rings. The van der Waals surface area contributed by atoms with Gasteiger partial charge in [-0.05, 0) is 18.6 Å². The zero-order valence-electron chi connectivity index (χ0n) is 11.4. The molecule has 0 aliphatic carbocycles. The number of nitro groups is 1. The lowest BCUT2D eigenvalue weighted by Gasteiger charge is -2.17. The Morgan fingerprint density at radius 2 is 2.19 bits per heavy atom. The Kier molecular flexibility index (Phi) is 5.42. The SMILES string of the molecule is CCOC(=O)C(F)[C@H](N)c1cc(OC)c(O)c([N+](=O)[O-])c1. The van der Waals surface area contributed by atoms with Crippen LogP contribution in [0.25, 0.3) is 0 Å². The molecule has 1 rings (SSSR count). The number of halogens is 1. The minimum Gasteiger partial charge on any atom is -0.500 e. The van der Waals surface area contributed by atoms with E-state index in [1.54, 1.807) is 0 Å². The van der Waals surface area contributed by atoms with Crippen molar-refractivity contribution in [3.8, 4) is 11.5 Å². The van der Waals surface area contributed by atoms with Crippen LogP contribution in [0.3, 0.4) is 0 Å². The molecule has 8 nitrogen and oxygen atoms in total. The molecule has 116 valence electrons. The van der Waals surface area contributed by atoms with Gasteiger partial charge >= 0.3 is 11.7 Å². The van der Waals surface area contributed by atoms with Gasteiger partial charge in [0.05, 0.1) is 24.7 Å². The maximum atomic E-state index is 13.9. The van der Waals surface area contributed by atoms with Gasteiger partial charge in [0.2, 0.25) is 11.9 Å². The molecule has 0 amide bonds. The van der Waals surface area contributed by atoms with Crippen molar-refractivity contribution in [2.75, 3.05) is 13.7 Å². The van der Waals surface area contributed by atoms with Gasteiger partial charge in [-0.15, -0.1) is 0 Å². The van der Waals surface area contributed by atoms with Crippen LogP contribution in [-0.2, 0) is 9.53 Å². The summed E-state index contributed by atoms with van der Waals surface area (Å²) in [4.78, 5) is 21.3. The predicted molar refractivity (Wildman–Crippen MR) is 69.8 cm³/mol. The van der Waals surface area contributed by atoms with Gasteiger partial charge in [-0.3, -0.25) is 10.1 Å². The first-order valence-corrected chi connectivity index (χ1v) is 5.95. The lowest BCUT2D eigenvalue weighted by atomic mass is 10.0. The van der Waals surface area contributed by atoms with Crippen LogP contribution < -0.4 is 10.5 Å². The Hall–Kier alpha value is -2.42. The first kappa shape index (κ1) is 16.6. The average molecular weight is 302 g/mol. The summed E-state index contributed by atoms with van der Waals surface area (Å²) in [5, 5.41) is 20.4. The number of esters is 1. The third-order valence-electron chi connectivity index (χ3n) is 2.71. The third-order valence-corrected chi connectivity index (χ3v) is 2.71. The van der Waals surface area contributed by atoms with Crippen molar-refractivity contribution in [3.63, 3.8) is 0 Å². The molecule has 1 aromatic rings. The summed E-state index contributed by atoms with van der Waals surface area (Å²) in [5.74, 6) is -2.12. The van der Waals surface area contributed by atoms with E-state index in [0.717, 1.165) is 12.1 Å². The van der Waals surface area contributed by atoms with Crippen LogP contribution in [0, 0.1) is 10.1 Å². The molecule has 0 aliphatic heterocycles. The summed E-state index contributed by atoms with van der Waals surface area (Å²) in [6, 6.07) is 0.518. The summed E-state index contributed by atoms with van der Waals surface area (Å²) in [6.45, 7) is 1.48. The summed E-state index contributed by atoms with van der Waals surface area (Å²) in [7, 11) is 1.17. The molecule has 0 bridgehead atoms. The van der Waals surface area contributed by atoms with Crippen LogP contribution in [0.15, 0.2) is 12.1 Å². The third kappa shape index (κ3) is 3.57. The summed E-state index contributed by atoms with van der Waals surface area (Å²) in [6.07, 6.45) is -2.20. The molecule has 0 saturated heterocycles. The topological polar surface area (TPSA) is 125 Å². The molecule has 1 unspecified atom stereocenters. The van der Waals surface area contributed by atoms with Gasteiger partial charge in [0.15, 0.2) is 5.75 Å². The zero-order chi connectivity index (χ0) is 16.2. The molecule has 0 aromatic heterocycles. The minimum absolute atomic E-state index is 0.0228. The number of aromatic hydroxyl groups is 1. The number of carbonyl (C=O) groups excluding carboxylic acids is 1. The zero-order valence-corrected chi connectivity index (χ0v) is 11.4. The molecule has 0 radical (unpaired) electrons. The number of nitro benzene ring substituents is 1. The fraction of sp³-hybridized carbons (Fsp3) is 0.417. The van der Waals surface area contributed by atoms with Gasteiger partial charge in [0.1, 0.15) is 0 Å². The van der Waals surface area contributed by atoms with Crippen molar-refractivity contribution >= 4 is 11.7 Å². The number of nitrogens with zero attached hydrogens (tertiary/aromatic N) is 1. The maximum absolute atomic E-state index is 13.9. The second-order valence-corrected chi connectivity index (χ2v) is 4.03. The Balaban J connectivity index is 3.20. The molecule has 0 spiro atoms. The summed E-state index contributed by atoms with van der Waals surface area (Å²) >= 11 is 0. The number of alkyl halides is 1. The van der Waals surface area contributed by atoms with Gasteiger partial charge in [-0.2, -0.15) is 0 Å². The number of carbonyl (C=O) groups is 1. The maximum Gasteiger partial charge on any atom is 0.342 e. The first-order chi connectivity index (χ1) is 9.83. The molecule has 0 aliphatic rings. The molecule has 0 saturated carbocycles. The lowest BCUT2D eigenvalue weighted by Crippen LogP contribution is -2.31. The van der Waals surface area contributed by atoms with Gasteiger partial charge < -0.3 is 20.3 Å². The van der Waals surface area contributed by atoms with E-state index in [1.165, 1.54) is 14.0 Å². The smallest absolute Gasteiger partial charge is 0.342 e. The molecule has 1 aromatic carbocycles. The fourth-order valence-corrected chi connectivity index (χ4v) is 1.64. The van der Waals surface area contributed by atoms with Crippen LogP contribution >= 0.6 is 0 Å². The van der Waals surface area contributed by atoms with E-state index < -0.39 is 34.5 Å². The highest BCUT2D eigenvalue weighted by Gasteiger charge is 2.31. The summed E-state index contributed by atoms with van der Waals surface area (Å²) < 4.78 is 23.1. The Morgan fingerprint density at radius 1 is 1.57 bits per heavy atom. The van der Waals surface area contributed by atoms with Crippen molar-refractivity contribution < 1.29 is 28.7 Å². The second kappa shape index (κ2) is 6.84. The van der Waals surface area contributed by atoms with Crippen molar-refractivity contribution in [3.05, 3.63) is 27.8 Å². The van der Waals surface area contributed by atoms with Gasteiger partial charge in [0.25, 0.3) is 0 Å².